The van der Waals surface area contributed by atoms with Gasteiger partial charge in [0.2, 0.25) is 0 Å². The van der Waals surface area contributed by atoms with Crippen LogP contribution in [0.1, 0.15) is 24.8 Å². The van der Waals surface area contributed by atoms with Gasteiger partial charge in [-0.15, -0.1) is 0 Å². The molecule has 1 N–H and O–H groups in total. The highest BCUT2D eigenvalue weighted by Crippen LogP contribution is 2.50. The van der Waals surface area contributed by atoms with E-state index in [1.807, 2.05) is 36.4 Å². The van der Waals surface area contributed by atoms with E-state index in [2.05, 4.69) is 6.08 Å². The number of carboxylic acid groups (broad SMARTS) is 1. The van der Waals surface area contributed by atoms with Crippen LogP contribution in [0.3, 0.4) is 0 Å². The molecule has 0 spiro atoms. The summed E-state index contributed by atoms with van der Waals surface area (Å²) in [5.74, 6) is -0.704. The molecule has 0 atom stereocenters. The fourth-order valence-corrected chi connectivity index (χ4v) is 1.70. The van der Waals surface area contributed by atoms with Crippen molar-refractivity contribution in [3.63, 3.8) is 0 Å². The van der Waals surface area contributed by atoms with E-state index in [-0.39, 0.29) is 11.8 Å². The first-order valence-corrected chi connectivity index (χ1v) is 5.16. The first-order valence-electron chi connectivity index (χ1n) is 5.16. The van der Waals surface area contributed by atoms with Gasteiger partial charge in [-0.2, -0.15) is 0 Å². The van der Waals surface area contributed by atoms with Crippen LogP contribution in [0.25, 0.3) is 6.08 Å². The van der Waals surface area contributed by atoms with Gasteiger partial charge in [-0.1, -0.05) is 42.5 Å². The van der Waals surface area contributed by atoms with E-state index in [1.54, 1.807) is 0 Å². The lowest BCUT2D eigenvalue weighted by Crippen LogP contribution is -2.05. The summed E-state index contributed by atoms with van der Waals surface area (Å²) in [6, 6.07) is 9.98. The van der Waals surface area contributed by atoms with Crippen LogP contribution in [0, 0.1) is 5.41 Å². The Hall–Kier alpha value is -1.57. The number of allylic oxidation sites excluding steroid dienone is 1. The van der Waals surface area contributed by atoms with E-state index in [1.165, 1.54) is 0 Å². The fraction of sp³-hybridized carbons (Fsp3) is 0.308. The van der Waals surface area contributed by atoms with Crippen LogP contribution in [-0.4, -0.2) is 11.1 Å². The van der Waals surface area contributed by atoms with Crippen LogP contribution < -0.4 is 0 Å². The topological polar surface area (TPSA) is 37.3 Å². The molecule has 15 heavy (non-hydrogen) atoms. The maximum absolute atomic E-state index is 10.6. The molecule has 0 heterocycles. The molecule has 1 saturated carbocycles. The molecule has 0 bridgehead atoms. The monoisotopic (exact) mass is 202 g/mol. The van der Waals surface area contributed by atoms with Crippen molar-refractivity contribution in [3.8, 4) is 0 Å². The Kier molecular flexibility index (Phi) is 2.58. The molecule has 78 valence electrons. The summed E-state index contributed by atoms with van der Waals surface area (Å²) in [5, 5.41) is 8.75. The van der Waals surface area contributed by atoms with Crippen LogP contribution >= 0.6 is 0 Å². The summed E-state index contributed by atoms with van der Waals surface area (Å²) in [6.45, 7) is 0. The van der Waals surface area contributed by atoms with Gasteiger partial charge >= 0.3 is 5.97 Å². The molecule has 0 unspecified atom stereocenters. The Labute approximate surface area is 89.2 Å². The second-order valence-electron chi connectivity index (χ2n) is 4.18. The second kappa shape index (κ2) is 3.89. The third-order valence-electron chi connectivity index (χ3n) is 2.82. The van der Waals surface area contributed by atoms with Crippen molar-refractivity contribution in [2.45, 2.75) is 19.3 Å². The van der Waals surface area contributed by atoms with Crippen molar-refractivity contribution in [2.75, 3.05) is 0 Å². The minimum Gasteiger partial charge on any atom is -0.481 e. The number of hydrogen-bond acceptors (Lipinski definition) is 1. The normalized spacial score (nSPS) is 17.9. The molecule has 1 aromatic rings. The van der Waals surface area contributed by atoms with Gasteiger partial charge in [0.05, 0.1) is 6.42 Å². The van der Waals surface area contributed by atoms with Crippen LogP contribution in [-0.2, 0) is 4.79 Å². The summed E-state index contributed by atoms with van der Waals surface area (Å²) in [5.41, 5.74) is 1.08. The van der Waals surface area contributed by atoms with Gasteiger partial charge in [0, 0.05) is 0 Å². The summed E-state index contributed by atoms with van der Waals surface area (Å²) in [7, 11) is 0. The summed E-state index contributed by atoms with van der Waals surface area (Å²) >= 11 is 0. The van der Waals surface area contributed by atoms with Crippen LogP contribution in [0.4, 0.5) is 0 Å². The first kappa shape index (κ1) is 9.97. The van der Waals surface area contributed by atoms with Crippen LogP contribution in [0.15, 0.2) is 36.4 Å². The average Bonchev–Trinajstić information content (AvgIpc) is 2.96. The van der Waals surface area contributed by atoms with Gasteiger partial charge in [-0.25, -0.2) is 0 Å². The van der Waals surface area contributed by atoms with Crippen molar-refractivity contribution in [1.29, 1.82) is 0 Å². The summed E-state index contributed by atoms with van der Waals surface area (Å²) in [6.07, 6.45) is 6.34. The van der Waals surface area contributed by atoms with Crippen LogP contribution in [0.2, 0.25) is 0 Å². The van der Waals surface area contributed by atoms with Crippen molar-refractivity contribution in [3.05, 3.63) is 42.0 Å². The Morgan fingerprint density at radius 1 is 1.33 bits per heavy atom. The molecule has 0 aliphatic heterocycles. The Morgan fingerprint density at radius 2 is 2.00 bits per heavy atom. The number of benzene rings is 1. The molecule has 2 nitrogen and oxygen atoms in total. The molecule has 1 fully saturated rings. The molecule has 0 radical (unpaired) electrons. The van der Waals surface area contributed by atoms with Crippen molar-refractivity contribution >= 4 is 12.0 Å². The highest BCUT2D eigenvalue weighted by molar-refractivity contribution is 5.69. The molecule has 2 heteroatoms. The molecule has 0 aromatic heterocycles. The first-order chi connectivity index (χ1) is 7.20. The zero-order chi connectivity index (χ0) is 10.7. The van der Waals surface area contributed by atoms with E-state index in [4.69, 9.17) is 5.11 Å². The number of carboxylic acids is 1. The van der Waals surface area contributed by atoms with Crippen molar-refractivity contribution in [1.82, 2.24) is 0 Å². The smallest absolute Gasteiger partial charge is 0.304 e. The molecule has 1 aliphatic rings. The average molecular weight is 202 g/mol. The molecular formula is C13H14O2. The van der Waals surface area contributed by atoms with Gasteiger partial charge in [0.25, 0.3) is 0 Å². The lowest BCUT2D eigenvalue weighted by atomic mass is 10.0. The third-order valence-corrected chi connectivity index (χ3v) is 2.82. The highest BCUT2D eigenvalue weighted by Gasteiger charge is 2.41. The van der Waals surface area contributed by atoms with Gasteiger partial charge in [0.1, 0.15) is 0 Å². The molecule has 0 amide bonds. The SMILES string of the molecule is O=C(O)CC1(/C=C/c2ccccc2)CC1. The largest absolute Gasteiger partial charge is 0.481 e. The molecular weight excluding hydrogens is 188 g/mol. The standard InChI is InChI=1S/C13H14O2/c14-12(15)10-13(8-9-13)7-6-11-4-2-1-3-5-11/h1-7H,8-10H2,(H,14,15)/b7-6+. The molecule has 2 rings (SSSR count). The van der Waals surface area contributed by atoms with Gasteiger partial charge in [-0.3, -0.25) is 4.79 Å². The van der Waals surface area contributed by atoms with E-state index >= 15 is 0 Å². The van der Waals surface area contributed by atoms with E-state index in [9.17, 15) is 4.79 Å². The quantitative estimate of drug-likeness (QED) is 0.815. The Balaban J connectivity index is 2.03. The van der Waals surface area contributed by atoms with Crippen molar-refractivity contribution in [2.24, 2.45) is 5.41 Å². The number of rotatable bonds is 4. The zero-order valence-corrected chi connectivity index (χ0v) is 8.52. The second-order valence-corrected chi connectivity index (χ2v) is 4.18. The lowest BCUT2D eigenvalue weighted by Gasteiger charge is -2.04. The number of hydrogen-bond donors (Lipinski definition) is 1. The van der Waals surface area contributed by atoms with Gasteiger partial charge < -0.3 is 5.11 Å². The summed E-state index contributed by atoms with van der Waals surface area (Å²) < 4.78 is 0. The van der Waals surface area contributed by atoms with Gasteiger partial charge in [0.15, 0.2) is 0 Å². The van der Waals surface area contributed by atoms with Crippen LogP contribution in [0.5, 0.6) is 0 Å². The number of aliphatic carboxylic acids is 1. The fourth-order valence-electron chi connectivity index (χ4n) is 1.70. The predicted molar refractivity (Wildman–Crippen MR) is 59.4 cm³/mol. The zero-order valence-electron chi connectivity index (χ0n) is 8.52. The van der Waals surface area contributed by atoms with Crippen molar-refractivity contribution < 1.29 is 9.90 Å². The third kappa shape index (κ3) is 2.69. The molecule has 1 aromatic carbocycles. The lowest BCUT2D eigenvalue weighted by molar-refractivity contribution is -0.138. The van der Waals surface area contributed by atoms with E-state index < -0.39 is 5.97 Å². The Bertz CT molecular complexity index is 375. The number of carbonyl (C=O) groups is 1. The predicted octanol–water partition coefficient (Wildman–Crippen LogP) is 2.95. The van der Waals surface area contributed by atoms with Gasteiger partial charge in [-0.05, 0) is 23.8 Å². The van der Waals surface area contributed by atoms with E-state index in [0.717, 1.165) is 18.4 Å². The maximum Gasteiger partial charge on any atom is 0.304 e. The highest BCUT2D eigenvalue weighted by atomic mass is 16.4. The minimum atomic E-state index is -0.704. The molecule has 0 saturated heterocycles. The van der Waals surface area contributed by atoms with E-state index in [0.29, 0.717) is 0 Å². The minimum absolute atomic E-state index is 0.0539. The molecule has 1 aliphatic carbocycles. The summed E-state index contributed by atoms with van der Waals surface area (Å²) in [4.78, 5) is 10.6. The Morgan fingerprint density at radius 3 is 2.53 bits per heavy atom. The maximum atomic E-state index is 10.6.